The van der Waals surface area contributed by atoms with Crippen molar-refractivity contribution in [2.24, 2.45) is 13.5 Å². The molecule has 14 heteroatoms. The summed E-state index contributed by atoms with van der Waals surface area (Å²) >= 11 is 0. The van der Waals surface area contributed by atoms with Gasteiger partial charge in [0.25, 0.3) is 0 Å². The van der Waals surface area contributed by atoms with Gasteiger partial charge in [-0.2, -0.15) is 4.20 Å². The Labute approximate surface area is 95.5 Å². The maximum Gasteiger partial charge on any atom is 0.425 e. The fraction of sp³-hybridized carbons (Fsp3) is 1.00. The minimum atomic E-state index is -5.64. The van der Waals surface area contributed by atoms with Gasteiger partial charge in [0.15, 0.2) is 8.32 Å². The number of halogens is 6. The van der Waals surface area contributed by atoms with E-state index in [2.05, 4.69) is 13.2 Å². The van der Waals surface area contributed by atoms with Crippen molar-refractivity contribution in [3.05, 3.63) is 0 Å². The average Bonchev–Trinajstić information content (AvgIpc) is 1.66. The van der Waals surface area contributed by atoms with Crippen LogP contribution in [0.1, 0.15) is 0 Å². The molecular weight excluding hydrogens is 329 g/mol. The van der Waals surface area contributed by atoms with Gasteiger partial charge < -0.3 is 4.21 Å². The van der Waals surface area contributed by atoms with Crippen molar-refractivity contribution in [2.75, 3.05) is 0 Å². The van der Waals surface area contributed by atoms with Gasteiger partial charge in [0.2, 0.25) is 0 Å². The van der Waals surface area contributed by atoms with E-state index >= 15 is 0 Å². The van der Waals surface area contributed by atoms with Crippen LogP contribution in [0, 0.1) is 0 Å². The highest BCUT2D eigenvalue weighted by Crippen LogP contribution is 2.82. The molecule has 0 N–H and O–H groups in total. The van der Waals surface area contributed by atoms with E-state index in [1.807, 2.05) is 4.52 Å². The van der Waals surface area contributed by atoms with Gasteiger partial charge in [0, 0.05) is 0 Å². The first-order chi connectivity index (χ1) is 6.83. The topological polar surface area (TPSA) is 46.3 Å². The number of rotatable bonds is 2. The van der Waals surface area contributed by atoms with Gasteiger partial charge in [0.1, 0.15) is 0 Å². The largest absolute Gasteiger partial charge is 0.425 e. The Morgan fingerprint density at radius 1 is 0.824 bits per heavy atom. The molecule has 1 aliphatic heterocycles. The second-order valence-corrected chi connectivity index (χ2v) is 13.7. The Balaban J connectivity index is 0.00000256. The van der Waals surface area contributed by atoms with Crippen LogP contribution in [-0.2, 0) is 4.21 Å². The molecule has 0 saturated heterocycles. The van der Waals surface area contributed by atoms with Crippen LogP contribution < -0.4 is 0 Å². The van der Waals surface area contributed by atoms with Crippen LogP contribution in [-0.4, -0.2) is 8.32 Å². The average molecular weight is 339 g/mol. The third-order valence-electron chi connectivity index (χ3n) is 1.04. The fourth-order valence-corrected chi connectivity index (χ4v) is 9.13. The van der Waals surface area contributed by atoms with Crippen molar-refractivity contribution in [1.82, 2.24) is 0 Å². The molecule has 0 spiro atoms. The molecule has 104 valence electrons. The van der Waals surface area contributed by atoms with Crippen LogP contribution in [0.2, 0.25) is 19.6 Å². The minimum Gasteiger partial charge on any atom is -0.346 e. The molecule has 0 aromatic rings. The molecule has 0 aliphatic carbocycles. The zero-order valence-corrected chi connectivity index (χ0v) is 12.6. The van der Waals surface area contributed by atoms with Crippen LogP contribution in [0.15, 0.2) is 13.5 Å². The smallest absolute Gasteiger partial charge is 0.346 e. The Morgan fingerprint density at radius 2 is 1.24 bits per heavy atom. The van der Waals surface area contributed by atoms with E-state index in [0.29, 0.717) is 0 Å². The van der Waals surface area contributed by atoms with Gasteiger partial charge in [-0.15, -0.1) is 30.3 Å². The molecule has 0 aromatic carbocycles. The predicted molar refractivity (Wildman–Crippen MR) is 60.5 cm³/mol. The molecular formula is C3H10F6N3OP3Si. The van der Waals surface area contributed by atoms with Gasteiger partial charge in [-0.05, 0) is 19.6 Å². The Hall–Kier alpha value is 0.447. The molecule has 1 heterocycles. The second kappa shape index (κ2) is 4.85. The van der Waals surface area contributed by atoms with E-state index in [-0.39, 0.29) is 4.70 Å². The molecule has 1 rings (SSSR count). The predicted octanol–water partition coefficient (Wildman–Crippen LogP) is 6.69. The summed E-state index contributed by atoms with van der Waals surface area (Å²) in [5, 5.41) is 0. The third kappa shape index (κ3) is 5.74. The molecule has 0 radical (unpaired) electrons. The van der Waals surface area contributed by atoms with Gasteiger partial charge >= 0.3 is 23.4 Å². The number of nitrogens with zero attached hydrogens (tertiary/aromatic N) is 3. The van der Waals surface area contributed by atoms with Gasteiger partial charge in [-0.1, -0.05) is 0 Å². The van der Waals surface area contributed by atoms with E-state index < -0.39 is 31.7 Å². The molecule has 0 fully saturated rings. The molecule has 1 atom stereocenters. The molecule has 0 bridgehead atoms. The Kier molecular flexibility index (Phi) is 4.98. The van der Waals surface area contributed by atoms with Crippen LogP contribution in [0.25, 0.3) is 0 Å². The summed E-state index contributed by atoms with van der Waals surface area (Å²) in [6.07, 6.45) is 0. The summed E-state index contributed by atoms with van der Waals surface area (Å²) in [4.78, 5) is 0. The molecule has 0 amide bonds. The normalized spacial score (nSPS) is 30.4. The van der Waals surface area contributed by atoms with E-state index in [9.17, 15) is 21.0 Å². The number of hydrogen-bond acceptors (Lipinski definition) is 4. The summed E-state index contributed by atoms with van der Waals surface area (Å²) in [7, 11) is -18.8. The highest BCUT2D eigenvalue weighted by atomic mass is 31.3. The molecule has 1 unspecified atom stereocenters. The molecule has 1 aliphatic rings. The lowest BCUT2D eigenvalue weighted by molar-refractivity contribution is 0.549. The Bertz CT molecular complexity index is 453. The van der Waals surface area contributed by atoms with E-state index in [0.717, 1.165) is 0 Å². The summed E-state index contributed by atoms with van der Waals surface area (Å²) < 4.78 is 76.0. The number of hydrogen-bond donors (Lipinski definition) is 0. The SMILES string of the molecule is C[Si](C)(C)OP1(F)=NP(F)(F)=NP(F)(F)=N1.F. The van der Waals surface area contributed by atoms with Crippen molar-refractivity contribution in [3.63, 3.8) is 0 Å². The van der Waals surface area contributed by atoms with E-state index in [1.165, 1.54) is 19.6 Å². The lowest BCUT2D eigenvalue weighted by Crippen LogP contribution is -2.22. The highest BCUT2D eigenvalue weighted by Gasteiger charge is 2.42. The maximum absolute atomic E-state index is 13.7. The lowest BCUT2D eigenvalue weighted by atomic mass is 11.8. The molecule has 0 aromatic heterocycles. The summed E-state index contributed by atoms with van der Waals surface area (Å²) in [5.74, 6) is 0. The first-order valence-electron chi connectivity index (χ1n) is 3.93. The van der Waals surface area contributed by atoms with E-state index in [4.69, 9.17) is 0 Å². The highest BCUT2D eigenvalue weighted by molar-refractivity contribution is 7.78. The summed E-state index contributed by atoms with van der Waals surface area (Å²) in [6, 6.07) is 0. The molecule has 17 heavy (non-hydrogen) atoms. The third-order valence-corrected chi connectivity index (χ3v) is 9.37. The Morgan fingerprint density at radius 3 is 1.59 bits per heavy atom. The van der Waals surface area contributed by atoms with Crippen LogP contribution >= 0.6 is 23.4 Å². The zero-order chi connectivity index (χ0) is 12.8. The van der Waals surface area contributed by atoms with Crippen molar-refractivity contribution in [2.45, 2.75) is 19.6 Å². The zero-order valence-electron chi connectivity index (χ0n) is 8.89. The molecule has 4 nitrogen and oxygen atoms in total. The van der Waals surface area contributed by atoms with Crippen LogP contribution in [0.4, 0.5) is 25.7 Å². The second-order valence-electron chi connectivity index (χ2n) is 3.86. The van der Waals surface area contributed by atoms with Crippen molar-refractivity contribution in [3.8, 4) is 0 Å². The van der Waals surface area contributed by atoms with Gasteiger partial charge in [0.05, 0.1) is 0 Å². The first-order valence-corrected chi connectivity index (χ1v) is 11.8. The summed E-state index contributed by atoms with van der Waals surface area (Å²) in [6.45, 7) is 4.41. The quantitative estimate of drug-likeness (QED) is 0.314. The van der Waals surface area contributed by atoms with Crippen LogP contribution in [0.3, 0.4) is 0 Å². The van der Waals surface area contributed by atoms with Gasteiger partial charge in [-0.25, -0.2) is 0 Å². The minimum absolute atomic E-state index is 0. The summed E-state index contributed by atoms with van der Waals surface area (Å²) in [5.41, 5.74) is 0. The fourth-order valence-electron chi connectivity index (χ4n) is 0.834. The van der Waals surface area contributed by atoms with Crippen molar-refractivity contribution >= 4 is 31.7 Å². The van der Waals surface area contributed by atoms with Crippen molar-refractivity contribution < 1.29 is 29.9 Å². The van der Waals surface area contributed by atoms with Gasteiger partial charge in [-0.3, -0.25) is 4.70 Å². The first kappa shape index (κ1) is 17.4. The van der Waals surface area contributed by atoms with E-state index in [1.54, 1.807) is 0 Å². The standard InChI is InChI=1S/C3H9F5N3OP3Si.FH/c1-16(2,3)12-15(8)10-13(4,5)9-14(6,7)11-15;/h1-3H3;1H. The maximum atomic E-state index is 13.7. The molecule has 0 saturated carbocycles. The lowest BCUT2D eigenvalue weighted by Gasteiger charge is -2.23. The van der Waals surface area contributed by atoms with Crippen molar-refractivity contribution in [1.29, 1.82) is 0 Å². The monoisotopic (exact) mass is 339 g/mol. The van der Waals surface area contributed by atoms with Crippen LogP contribution in [0.5, 0.6) is 0 Å².